The number of rotatable bonds is 5. The smallest absolute Gasteiger partial charge is 0.310 e. The van der Waals surface area contributed by atoms with E-state index in [0.29, 0.717) is 17.9 Å². The molecule has 8 heteroatoms. The first-order valence-corrected chi connectivity index (χ1v) is 12.2. The van der Waals surface area contributed by atoms with Crippen molar-refractivity contribution in [3.05, 3.63) is 36.4 Å². The predicted molar refractivity (Wildman–Crippen MR) is 118 cm³/mol. The number of anilines is 1. The average molecular weight is 463 g/mol. The molecule has 4 aliphatic carbocycles. The highest BCUT2D eigenvalue weighted by atomic mass is 16.6. The van der Waals surface area contributed by atoms with Gasteiger partial charge in [-0.05, 0) is 61.3 Å². The van der Waals surface area contributed by atoms with Crippen LogP contribution in [0.4, 0.5) is 5.69 Å². The van der Waals surface area contributed by atoms with E-state index in [1.807, 2.05) is 0 Å². The fourth-order valence-corrected chi connectivity index (χ4v) is 7.81. The third-order valence-corrected chi connectivity index (χ3v) is 9.26. The van der Waals surface area contributed by atoms with Gasteiger partial charge in [0.2, 0.25) is 17.7 Å². The van der Waals surface area contributed by atoms with Crippen molar-refractivity contribution < 1.29 is 28.7 Å². The number of ether oxygens (including phenoxy) is 2. The Labute approximate surface area is 196 Å². The van der Waals surface area contributed by atoms with Crippen molar-refractivity contribution in [1.82, 2.24) is 4.90 Å². The molecule has 0 spiro atoms. The standard InChI is InChI=1S/C26H26N2O6/c1-33-16-6-4-15(5-7-16)27(23(29)21-14-9-17-18(10-14)34-26(32)22(17)21)11-28-24(30)19-12-2-3-13(8-12)20(19)25(28)31/h2-7,12-14,17-22H,8-11H2,1H3/t12-,13-,14+,17-,18-,19-,20+,21+,22-/m0/s1. The van der Waals surface area contributed by atoms with Crippen LogP contribution in [0.3, 0.4) is 0 Å². The summed E-state index contributed by atoms with van der Waals surface area (Å²) >= 11 is 0. The molecule has 0 unspecified atom stereocenters. The molecule has 2 saturated heterocycles. The summed E-state index contributed by atoms with van der Waals surface area (Å²) in [5, 5.41) is 0. The highest BCUT2D eigenvalue weighted by Gasteiger charge is 2.65. The van der Waals surface area contributed by atoms with Crippen LogP contribution in [0.5, 0.6) is 5.75 Å². The predicted octanol–water partition coefficient (Wildman–Crippen LogP) is 1.99. The first-order valence-electron chi connectivity index (χ1n) is 12.2. The maximum absolute atomic E-state index is 14.0. The second-order valence-electron chi connectivity index (χ2n) is 10.6. The number of carbonyl (C=O) groups is 4. The van der Waals surface area contributed by atoms with Crippen LogP contribution in [-0.2, 0) is 23.9 Å². The SMILES string of the molecule is COc1ccc(N(CN2C(=O)[C@@H]3[C@H](C2=O)[C@H]2C=C[C@H]3C2)C(=O)[C@@H]2[C@@H]3C[C@@H]4[C@@H]2C(=O)O[C@H]4C3)cc1. The summed E-state index contributed by atoms with van der Waals surface area (Å²) in [6.45, 7) is -0.131. The zero-order valence-corrected chi connectivity index (χ0v) is 18.8. The number of carbonyl (C=O) groups excluding carboxylic acids is 4. The lowest BCUT2D eigenvalue weighted by Crippen LogP contribution is -2.49. The molecule has 0 radical (unpaired) electrons. The van der Waals surface area contributed by atoms with Crippen LogP contribution in [-0.4, -0.2) is 48.5 Å². The number of fused-ring (bicyclic) bond motifs is 6. The lowest BCUT2D eigenvalue weighted by molar-refractivity contribution is -0.146. The average Bonchev–Trinajstić information content (AvgIpc) is 3.66. The molecule has 0 aromatic heterocycles. The molecule has 3 amide bonds. The van der Waals surface area contributed by atoms with Crippen molar-refractivity contribution in [2.75, 3.05) is 18.7 Å². The maximum Gasteiger partial charge on any atom is 0.310 e. The molecule has 0 N–H and O–H groups in total. The topological polar surface area (TPSA) is 93.2 Å². The minimum atomic E-state index is -0.483. The van der Waals surface area contributed by atoms with Crippen molar-refractivity contribution in [3.8, 4) is 5.75 Å². The quantitative estimate of drug-likeness (QED) is 0.378. The van der Waals surface area contributed by atoms with Crippen LogP contribution in [0, 0.1) is 47.3 Å². The van der Waals surface area contributed by atoms with E-state index in [4.69, 9.17) is 9.47 Å². The van der Waals surface area contributed by atoms with E-state index in [2.05, 4.69) is 12.2 Å². The van der Waals surface area contributed by atoms with Gasteiger partial charge in [0.25, 0.3) is 0 Å². The molecule has 3 saturated carbocycles. The number of allylic oxidation sites excluding steroid dienone is 2. The third kappa shape index (κ3) is 2.54. The van der Waals surface area contributed by atoms with E-state index in [0.717, 1.165) is 12.8 Å². The zero-order chi connectivity index (χ0) is 23.3. The summed E-state index contributed by atoms with van der Waals surface area (Å²) in [5.41, 5.74) is 0.579. The fraction of sp³-hybridized carbons (Fsp3) is 0.538. The van der Waals surface area contributed by atoms with Crippen LogP contribution < -0.4 is 9.64 Å². The molecule has 9 atom stereocenters. The number of benzene rings is 1. The number of hydrogen-bond acceptors (Lipinski definition) is 6. The number of esters is 1. The van der Waals surface area contributed by atoms with Crippen LogP contribution in [0.1, 0.15) is 19.3 Å². The Bertz CT molecular complexity index is 1110. The van der Waals surface area contributed by atoms with Gasteiger partial charge < -0.3 is 9.47 Å². The highest BCUT2D eigenvalue weighted by molar-refractivity contribution is 6.08. The number of nitrogens with zero attached hydrogens (tertiary/aromatic N) is 2. The lowest BCUT2D eigenvalue weighted by atomic mass is 9.79. The number of amides is 3. The molecular weight excluding hydrogens is 436 g/mol. The summed E-state index contributed by atoms with van der Waals surface area (Å²) in [7, 11) is 1.57. The number of likely N-dealkylation sites (tertiary alicyclic amines) is 1. The Morgan fingerprint density at radius 1 is 1.00 bits per heavy atom. The van der Waals surface area contributed by atoms with Gasteiger partial charge in [0, 0.05) is 11.6 Å². The molecule has 8 nitrogen and oxygen atoms in total. The number of imide groups is 1. The maximum atomic E-state index is 14.0. The van der Waals surface area contributed by atoms with Gasteiger partial charge in [-0.3, -0.25) is 29.0 Å². The van der Waals surface area contributed by atoms with E-state index in [1.165, 1.54) is 9.80 Å². The van der Waals surface area contributed by atoms with Crippen LogP contribution >= 0.6 is 0 Å². The second kappa shape index (κ2) is 6.93. The van der Waals surface area contributed by atoms with Gasteiger partial charge in [-0.1, -0.05) is 12.2 Å². The molecule has 2 heterocycles. The first kappa shape index (κ1) is 20.2. The van der Waals surface area contributed by atoms with Gasteiger partial charge in [-0.15, -0.1) is 0 Å². The van der Waals surface area contributed by atoms with E-state index in [-0.39, 0.29) is 72.0 Å². The molecule has 5 fully saturated rings. The van der Waals surface area contributed by atoms with Crippen LogP contribution in [0.25, 0.3) is 0 Å². The Morgan fingerprint density at radius 3 is 2.32 bits per heavy atom. The lowest BCUT2D eigenvalue weighted by Gasteiger charge is -2.33. The van der Waals surface area contributed by atoms with Gasteiger partial charge in [0.05, 0.1) is 30.8 Å². The third-order valence-electron chi connectivity index (χ3n) is 9.26. The molecule has 4 bridgehead atoms. The van der Waals surface area contributed by atoms with E-state index in [1.54, 1.807) is 31.4 Å². The van der Waals surface area contributed by atoms with Crippen molar-refractivity contribution >= 4 is 29.4 Å². The molecule has 34 heavy (non-hydrogen) atoms. The van der Waals surface area contributed by atoms with E-state index in [9.17, 15) is 19.2 Å². The van der Waals surface area contributed by atoms with Gasteiger partial charge in [0.1, 0.15) is 18.5 Å². The highest BCUT2D eigenvalue weighted by Crippen LogP contribution is 2.58. The Morgan fingerprint density at radius 2 is 1.68 bits per heavy atom. The van der Waals surface area contributed by atoms with Gasteiger partial charge >= 0.3 is 5.97 Å². The molecular formula is C26H26N2O6. The first-order chi connectivity index (χ1) is 16.5. The van der Waals surface area contributed by atoms with Crippen LogP contribution in [0.15, 0.2) is 36.4 Å². The van der Waals surface area contributed by atoms with Crippen molar-refractivity contribution in [1.29, 1.82) is 0 Å². The van der Waals surface area contributed by atoms with E-state index < -0.39 is 11.8 Å². The van der Waals surface area contributed by atoms with E-state index >= 15 is 0 Å². The van der Waals surface area contributed by atoms with Crippen LogP contribution in [0.2, 0.25) is 0 Å². The fourth-order valence-electron chi connectivity index (χ4n) is 7.81. The Kier molecular flexibility index (Phi) is 4.12. The minimum absolute atomic E-state index is 0.0647. The molecule has 7 rings (SSSR count). The molecule has 6 aliphatic rings. The molecule has 1 aromatic rings. The zero-order valence-electron chi connectivity index (χ0n) is 18.8. The van der Waals surface area contributed by atoms with Gasteiger partial charge in [0.15, 0.2) is 0 Å². The largest absolute Gasteiger partial charge is 0.497 e. The summed E-state index contributed by atoms with van der Waals surface area (Å²) in [6.07, 6.45) is 6.44. The van der Waals surface area contributed by atoms with Gasteiger partial charge in [-0.25, -0.2) is 0 Å². The normalized spacial score (nSPS) is 40.3. The number of methoxy groups -OCH3 is 1. The Hall–Kier alpha value is -3.16. The van der Waals surface area contributed by atoms with Crippen molar-refractivity contribution in [2.24, 2.45) is 47.3 Å². The Balaban J connectivity index is 1.22. The van der Waals surface area contributed by atoms with Gasteiger partial charge in [-0.2, -0.15) is 0 Å². The number of hydrogen-bond donors (Lipinski definition) is 0. The molecule has 176 valence electrons. The summed E-state index contributed by atoms with van der Waals surface area (Å²) < 4.78 is 10.8. The van der Waals surface area contributed by atoms with Crippen molar-refractivity contribution in [3.63, 3.8) is 0 Å². The minimum Gasteiger partial charge on any atom is -0.497 e. The summed E-state index contributed by atoms with van der Waals surface area (Å²) in [6, 6.07) is 7.03. The monoisotopic (exact) mass is 462 g/mol. The summed E-state index contributed by atoms with van der Waals surface area (Å²) in [5.74, 6) is -1.37. The van der Waals surface area contributed by atoms with Crippen molar-refractivity contribution in [2.45, 2.75) is 25.4 Å². The summed E-state index contributed by atoms with van der Waals surface area (Å²) in [4.78, 5) is 56.1. The molecule has 1 aromatic carbocycles. The second-order valence-corrected chi connectivity index (χ2v) is 10.6. The molecule has 2 aliphatic heterocycles.